The Hall–Kier alpha value is -3.55. The molecule has 0 fully saturated rings. The number of methoxy groups -OCH3 is 1. The molecule has 0 bridgehead atoms. The Morgan fingerprint density at radius 1 is 1.19 bits per heavy atom. The number of anilines is 2. The van der Waals surface area contributed by atoms with Gasteiger partial charge in [0, 0.05) is 11.8 Å². The van der Waals surface area contributed by atoms with Crippen molar-refractivity contribution < 1.29 is 28.6 Å². The summed E-state index contributed by atoms with van der Waals surface area (Å²) in [5, 5.41) is 5.32. The average Bonchev–Trinajstić information content (AvgIpc) is 2.66. The number of esters is 1. The third-order valence-electron chi connectivity index (χ3n) is 3.54. The Morgan fingerprint density at radius 2 is 1.96 bits per heavy atom. The summed E-state index contributed by atoms with van der Waals surface area (Å²) < 4.78 is 15.3. The lowest BCUT2D eigenvalue weighted by Gasteiger charge is -2.18. The van der Waals surface area contributed by atoms with E-state index in [-0.39, 0.29) is 25.0 Å². The van der Waals surface area contributed by atoms with Gasteiger partial charge in [-0.15, -0.1) is 0 Å². The highest BCUT2D eigenvalue weighted by Gasteiger charge is 2.16. The minimum absolute atomic E-state index is 0.0234. The van der Waals surface area contributed by atoms with Gasteiger partial charge in [0.1, 0.15) is 11.5 Å². The maximum absolute atomic E-state index is 12.0. The van der Waals surface area contributed by atoms with Gasteiger partial charge in [-0.25, -0.2) is 4.79 Å². The molecule has 0 aromatic heterocycles. The van der Waals surface area contributed by atoms with Crippen LogP contribution >= 0.6 is 0 Å². The molecule has 0 saturated carbocycles. The summed E-state index contributed by atoms with van der Waals surface area (Å²) in [5.74, 6) is -0.0934. The van der Waals surface area contributed by atoms with Crippen LogP contribution in [0.15, 0.2) is 42.5 Å². The van der Waals surface area contributed by atoms with E-state index in [2.05, 4.69) is 15.4 Å². The number of carbonyl (C=O) groups is 3. The van der Waals surface area contributed by atoms with E-state index in [0.717, 1.165) is 0 Å². The van der Waals surface area contributed by atoms with Gasteiger partial charge in [-0.05, 0) is 36.4 Å². The standard InChI is InChI=1S/C18H16N2O6/c1-24-18(23)11-2-4-12(5-3-11)19-16(21)9-25-13-6-7-15-14(8-13)20-17(22)10-26-15/h2-8H,9-10H2,1H3,(H,19,21)(H,20,22). The second-order valence-electron chi connectivity index (χ2n) is 5.40. The predicted molar refractivity (Wildman–Crippen MR) is 92.5 cm³/mol. The number of nitrogens with one attached hydrogen (secondary N) is 2. The molecule has 26 heavy (non-hydrogen) atoms. The van der Waals surface area contributed by atoms with Gasteiger partial charge in [0.05, 0.1) is 18.4 Å². The Morgan fingerprint density at radius 3 is 2.69 bits per heavy atom. The molecule has 1 aliphatic rings. The highest BCUT2D eigenvalue weighted by atomic mass is 16.5. The molecular weight excluding hydrogens is 340 g/mol. The van der Waals surface area contributed by atoms with Crippen molar-refractivity contribution in [3.63, 3.8) is 0 Å². The molecule has 0 spiro atoms. The number of ether oxygens (including phenoxy) is 3. The minimum Gasteiger partial charge on any atom is -0.484 e. The first-order valence-electron chi connectivity index (χ1n) is 7.73. The van der Waals surface area contributed by atoms with Crippen molar-refractivity contribution in [2.24, 2.45) is 0 Å². The molecule has 0 saturated heterocycles. The zero-order valence-electron chi connectivity index (χ0n) is 13.9. The second kappa shape index (κ2) is 7.56. The highest BCUT2D eigenvalue weighted by molar-refractivity contribution is 5.96. The smallest absolute Gasteiger partial charge is 0.337 e. The van der Waals surface area contributed by atoms with Gasteiger partial charge in [0.2, 0.25) is 0 Å². The number of hydrogen-bond donors (Lipinski definition) is 2. The molecule has 0 radical (unpaired) electrons. The van der Waals surface area contributed by atoms with Gasteiger partial charge in [0.25, 0.3) is 11.8 Å². The van der Waals surface area contributed by atoms with E-state index in [1.165, 1.54) is 7.11 Å². The van der Waals surface area contributed by atoms with Gasteiger partial charge in [-0.2, -0.15) is 0 Å². The first-order valence-corrected chi connectivity index (χ1v) is 7.73. The van der Waals surface area contributed by atoms with E-state index in [1.54, 1.807) is 42.5 Å². The van der Waals surface area contributed by atoms with Gasteiger partial charge >= 0.3 is 5.97 Å². The lowest BCUT2D eigenvalue weighted by molar-refractivity contribution is -0.119. The van der Waals surface area contributed by atoms with Crippen LogP contribution in [0.5, 0.6) is 11.5 Å². The van der Waals surface area contributed by atoms with Crippen LogP contribution in [0.1, 0.15) is 10.4 Å². The van der Waals surface area contributed by atoms with Crippen LogP contribution in [-0.2, 0) is 14.3 Å². The number of amides is 2. The molecule has 0 aliphatic carbocycles. The summed E-state index contributed by atoms with van der Waals surface area (Å²) >= 11 is 0. The number of carbonyl (C=O) groups excluding carboxylic acids is 3. The third kappa shape index (κ3) is 4.10. The van der Waals surface area contributed by atoms with E-state index in [1.807, 2.05) is 0 Å². The van der Waals surface area contributed by atoms with Crippen LogP contribution in [0.25, 0.3) is 0 Å². The third-order valence-corrected chi connectivity index (χ3v) is 3.54. The molecule has 2 N–H and O–H groups in total. The first-order chi connectivity index (χ1) is 12.5. The van der Waals surface area contributed by atoms with Gasteiger partial charge < -0.3 is 24.8 Å². The fraction of sp³-hybridized carbons (Fsp3) is 0.167. The fourth-order valence-corrected chi connectivity index (χ4v) is 2.31. The van der Waals surface area contributed by atoms with Crippen LogP contribution in [0.3, 0.4) is 0 Å². The van der Waals surface area contributed by atoms with Crippen molar-refractivity contribution in [3.05, 3.63) is 48.0 Å². The monoisotopic (exact) mass is 356 g/mol. The van der Waals surface area contributed by atoms with E-state index in [0.29, 0.717) is 28.4 Å². The molecular formula is C18H16N2O6. The molecule has 2 aromatic carbocycles. The summed E-state index contributed by atoms with van der Waals surface area (Å²) in [5.41, 5.74) is 1.41. The Balaban J connectivity index is 1.55. The highest BCUT2D eigenvalue weighted by Crippen LogP contribution is 2.31. The van der Waals surface area contributed by atoms with Gasteiger partial charge in [-0.1, -0.05) is 0 Å². The normalized spacial score (nSPS) is 12.3. The number of rotatable bonds is 5. The van der Waals surface area contributed by atoms with E-state index < -0.39 is 5.97 Å². The maximum Gasteiger partial charge on any atom is 0.337 e. The summed E-state index contributed by atoms with van der Waals surface area (Å²) in [6, 6.07) is 11.2. The quantitative estimate of drug-likeness (QED) is 0.792. The zero-order valence-corrected chi connectivity index (χ0v) is 13.9. The van der Waals surface area contributed by atoms with Crippen molar-refractivity contribution in [3.8, 4) is 11.5 Å². The Kier molecular flexibility index (Phi) is 5.02. The number of hydrogen-bond acceptors (Lipinski definition) is 6. The van der Waals surface area contributed by atoms with Crippen molar-refractivity contribution in [2.75, 3.05) is 31.0 Å². The van der Waals surface area contributed by atoms with Crippen molar-refractivity contribution in [1.29, 1.82) is 0 Å². The first kappa shape index (κ1) is 17.3. The lowest BCUT2D eigenvalue weighted by Crippen LogP contribution is -2.25. The summed E-state index contributed by atoms with van der Waals surface area (Å²) in [6.07, 6.45) is 0. The van der Waals surface area contributed by atoms with Crippen LogP contribution in [0, 0.1) is 0 Å². The summed E-state index contributed by atoms with van der Waals surface area (Å²) in [4.78, 5) is 34.7. The van der Waals surface area contributed by atoms with Gasteiger partial charge in [0.15, 0.2) is 13.2 Å². The predicted octanol–water partition coefficient (Wildman–Crippen LogP) is 1.82. The maximum atomic E-state index is 12.0. The average molecular weight is 356 g/mol. The zero-order chi connectivity index (χ0) is 18.5. The molecule has 0 unspecified atom stereocenters. The van der Waals surface area contributed by atoms with Gasteiger partial charge in [-0.3, -0.25) is 9.59 Å². The molecule has 0 atom stereocenters. The van der Waals surface area contributed by atoms with Crippen LogP contribution in [0.4, 0.5) is 11.4 Å². The molecule has 1 aliphatic heterocycles. The summed E-state index contributed by atoms with van der Waals surface area (Å²) in [7, 11) is 1.30. The number of fused-ring (bicyclic) bond motifs is 1. The second-order valence-corrected chi connectivity index (χ2v) is 5.40. The van der Waals surface area contributed by atoms with Crippen LogP contribution in [0.2, 0.25) is 0 Å². The fourth-order valence-electron chi connectivity index (χ4n) is 2.31. The lowest BCUT2D eigenvalue weighted by atomic mass is 10.2. The summed E-state index contributed by atoms with van der Waals surface area (Å²) in [6.45, 7) is -0.239. The largest absolute Gasteiger partial charge is 0.484 e. The molecule has 3 rings (SSSR count). The van der Waals surface area contributed by atoms with E-state index in [9.17, 15) is 14.4 Å². The molecule has 2 amide bonds. The molecule has 134 valence electrons. The topological polar surface area (TPSA) is 103 Å². The van der Waals surface area contributed by atoms with Crippen molar-refractivity contribution in [2.45, 2.75) is 0 Å². The SMILES string of the molecule is COC(=O)c1ccc(NC(=O)COc2ccc3c(c2)NC(=O)CO3)cc1. The molecule has 1 heterocycles. The Bertz CT molecular complexity index is 847. The molecule has 8 heteroatoms. The van der Waals surface area contributed by atoms with E-state index >= 15 is 0 Å². The minimum atomic E-state index is -0.449. The Labute approximate surface area is 149 Å². The molecule has 2 aromatic rings. The van der Waals surface area contributed by atoms with Crippen molar-refractivity contribution in [1.82, 2.24) is 0 Å². The molecule has 8 nitrogen and oxygen atoms in total. The van der Waals surface area contributed by atoms with Crippen LogP contribution < -0.4 is 20.1 Å². The van der Waals surface area contributed by atoms with Crippen molar-refractivity contribution >= 4 is 29.2 Å². The van der Waals surface area contributed by atoms with E-state index in [4.69, 9.17) is 9.47 Å². The number of benzene rings is 2. The van der Waals surface area contributed by atoms with Crippen LogP contribution in [-0.4, -0.2) is 38.1 Å².